The van der Waals surface area contributed by atoms with Gasteiger partial charge in [0.2, 0.25) is 0 Å². The topological polar surface area (TPSA) is 17.1 Å². The summed E-state index contributed by atoms with van der Waals surface area (Å²) in [5, 5.41) is 0.273. The second-order valence-corrected chi connectivity index (χ2v) is 12.6. The van der Waals surface area contributed by atoms with Gasteiger partial charge in [-0.3, -0.25) is 4.79 Å². The maximum Gasteiger partial charge on any atom is 0.199 e. The van der Waals surface area contributed by atoms with Crippen LogP contribution in [-0.4, -0.2) is 25.1 Å². The van der Waals surface area contributed by atoms with Crippen LogP contribution in [0, 0.1) is 5.41 Å². The first-order valence-corrected chi connectivity index (χ1v) is 10.9. The van der Waals surface area contributed by atoms with Gasteiger partial charge >= 0.3 is 0 Å². The Morgan fingerprint density at radius 3 is 2.25 bits per heavy atom. The van der Waals surface area contributed by atoms with E-state index in [-0.39, 0.29) is 27.5 Å². The highest BCUT2D eigenvalue weighted by Crippen LogP contribution is 2.51. The minimum atomic E-state index is -0.880. The van der Waals surface area contributed by atoms with Crippen LogP contribution in [0.4, 0.5) is 0 Å². The van der Waals surface area contributed by atoms with E-state index in [9.17, 15) is 4.79 Å². The molecule has 0 unspecified atom stereocenters. The summed E-state index contributed by atoms with van der Waals surface area (Å²) in [6.07, 6.45) is 1.99. The lowest BCUT2D eigenvalue weighted by Crippen LogP contribution is -3.00. The molecule has 0 bridgehead atoms. The minimum Gasteiger partial charge on any atom is -1.00 e. The van der Waals surface area contributed by atoms with E-state index in [0.717, 1.165) is 17.5 Å². The van der Waals surface area contributed by atoms with Gasteiger partial charge in [0.25, 0.3) is 0 Å². The largest absolute Gasteiger partial charge is 1.00 e. The number of hydrogen-bond donors (Lipinski definition) is 0. The molecule has 1 nitrogen and oxygen atoms in total. The molecule has 0 radical (unpaired) electrons. The van der Waals surface area contributed by atoms with Crippen LogP contribution in [0.5, 0.6) is 0 Å². The van der Waals surface area contributed by atoms with Crippen molar-refractivity contribution in [3.8, 4) is 0 Å². The predicted octanol–water partition coefficient (Wildman–Crippen LogP) is 2.15. The summed E-state index contributed by atoms with van der Waals surface area (Å²) < 4.78 is 0. The first-order chi connectivity index (χ1) is 8.65. The smallest absolute Gasteiger partial charge is 0.199 e. The van der Waals surface area contributed by atoms with Crippen LogP contribution < -0.4 is 17.0 Å². The van der Waals surface area contributed by atoms with Crippen LogP contribution in [0.2, 0.25) is 0 Å². The summed E-state index contributed by atoms with van der Waals surface area (Å²) in [6, 6.07) is 8.35. The van der Waals surface area contributed by atoms with Gasteiger partial charge in [-0.25, -0.2) is 0 Å². The standard InChI is InChI=1S/C16H26OPS.BrH/c1-7-16(2,3)15(17)19-14-11-9-8-10-13(14)12-18(4,5)6;/h8-11H,7,12H2,1-6H3;1H/q+1;/p-1. The van der Waals surface area contributed by atoms with Crippen molar-refractivity contribution in [1.29, 1.82) is 0 Å². The van der Waals surface area contributed by atoms with E-state index < -0.39 is 7.26 Å². The molecular weight excluding hydrogens is 351 g/mol. The fourth-order valence-electron chi connectivity index (χ4n) is 1.63. The number of benzene rings is 1. The van der Waals surface area contributed by atoms with Gasteiger partial charge < -0.3 is 17.0 Å². The van der Waals surface area contributed by atoms with Gasteiger partial charge in [-0.05, 0) is 12.5 Å². The Bertz CT molecular complexity index is 452. The Labute approximate surface area is 139 Å². The van der Waals surface area contributed by atoms with E-state index in [1.54, 1.807) is 0 Å². The molecule has 0 aliphatic carbocycles. The van der Waals surface area contributed by atoms with Crippen LogP contribution in [0.25, 0.3) is 0 Å². The molecule has 0 aliphatic rings. The van der Waals surface area contributed by atoms with E-state index in [1.165, 1.54) is 17.3 Å². The van der Waals surface area contributed by atoms with Gasteiger partial charge in [-0.1, -0.05) is 50.7 Å². The fraction of sp³-hybridized carbons (Fsp3) is 0.562. The van der Waals surface area contributed by atoms with Gasteiger partial charge in [0.05, 0.1) is 6.16 Å². The quantitative estimate of drug-likeness (QED) is 0.578. The first-order valence-electron chi connectivity index (χ1n) is 6.76. The molecule has 0 N–H and O–H groups in total. The van der Waals surface area contributed by atoms with Crippen molar-refractivity contribution in [2.24, 2.45) is 5.41 Å². The third kappa shape index (κ3) is 6.28. The minimum absolute atomic E-state index is 0. The zero-order chi connectivity index (χ0) is 14.7. The Balaban J connectivity index is 0.00000361. The lowest BCUT2D eigenvalue weighted by molar-refractivity contribution is -0.118. The van der Waals surface area contributed by atoms with Crippen LogP contribution in [0.15, 0.2) is 29.2 Å². The predicted molar refractivity (Wildman–Crippen MR) is 89.8 cm³/mol. The molecular formula is C16H26BrOPS. The highest BCUT2D eigenvalue weighted by atomic mass is 79.9. The molecule has 0 saturated carbocycles. The third-order valence-electron chi connectivity index (χ3n) is 3.26. The average Bonchev–Trinajstić information content (AvgIpc) is 2.29. The van der Waals surface area contributed by atoms with Crippen LogP contribution >= 0.6 is 19.0 Å². The molecule has 0 saturated heterocycles. The van der Waals surface area contributed by atoms with Crippen LogP contribution in [0.1, 0.15) is 32.8 Å². The zero-order valence-corrected chi connectivity index (χ0v) is 16.7. The molecule has 0 atom stereocenters. The van der Waals surface area contributed by atoms with Crippen molar-refractivity contribution in [1.82, 2.24) is 0 Å². The van der Waals surface area contributed by atoms with Gasteiger partial charge in [-0.2, -0.15) is 0 Å². The summed E-state index contributed by atoms with van der Waals surface area (Å²) in [7, 11) is -0.880. The second kappa shape index (κ2) is 7.96. The number of halogens is 1. The molecule has 4 heteroatoms. The molecule has 0 spiro atoms. The molecule has 114 valence electrons. The average molecular weight is 377 g/mol. The van der Waals surface area contributed by atoms with Crippen molar-refractivity contribution in [2.75, 3.05) is 20.0 Å². The molecule has 20 heavy (non-hydrogen) atoms. The number of hydrogen-bond acceptors (Lipinski definition) is 2. The monoisotopic (exact) mass is 376 g/mol. The van der Waals surface area contributed by atoms with Gasteiger partial charge in [-0.15, -0.1) is 0 Å². The van der Waals surface area contributed by atoms with Crippen molar-refractivity contribution in [3.63, 3.8) is 0 Å². The van der Waals surface area contributed by atoms with Gasteiger partial charge in [0, 0.05) is 43.1 Å². The summed E-state index contributed by atoms with van der Waals surface area (Å²) in [6.45, 7) is 13.2. The molecule has 0 aliphatic heterocycles. The molecule has 0 fully saturated rings. The fourth-order valence-corrected chi connectivity index (χ4v) is 4.07. The van der Waals surface area contributed by atoms with E-state index in [1.807, 2.05) is 19.9 Å². The Morgan fingerprint density at radius 1 is 1.20 bits per heavy atom. The summed E-state index contributed by atoms with van der Waals surface area (Å²) in [4.78, 5) is 13.5. The third-order valence-corrected chi connectivity index (χ3v) is 5.90. The maximum absolute atomic E-state index is 12.4. The van der Waals surface area contributed by atoms with Gasteiger partial charge in [0.1, 0.15) is 0 Å². The Hall–Kier alpha value is 0.150. The van der Waals surface area contributed by atoms with E-state index in [2.05, 4.69) is 45.1 Å². The lowest BCUT2D eigenvalue weighted by Gasteiger charge is -2.21. The van der Waals surface area contributed by atoms with E-state index in [4.69, 9.17) is 0 Å². The van der Waals surface area contributed by atoms with Crippen molar-refractivity contribution < 1.29 is 21.8 Å². The van der Waals surface area contributed by atoms with Crippen molar-refractivity contribution >= 4 is 24.1 Å². The zero-order valence-electron chi connectivity index (χ0n) is 13.4. The maximum atomic E-state index is 12.4. The van der Waals surface area contributed by atoms with Crippen molar-refractivity contribution in [3.05, 3.63) is 29.8 Å². The molecule has 1 rings (SSSR count). The van der Waals surface area contributed by atoms with Crippen molar-refractivity contribution in [2.45, 2.75) is 38.2 Å². The first kappa shape index (κ1) is 20.1. The van der Waals surface area contributed by atoms with E-state index in [0.29, 0.717) is 0 Å². The lowest BCUT2D eigenvalue weighted by atomic mass is 9.92. The van der Waals surface area contributed by atoms with Crippen LogP contribution in [-0.2, 0) is 11.0 Å². The molecule has 1 aromatic carbocycles. The van der Waals surface area contributed by atoms with Gasteiger partial charge in [0.15, 0.2) is 5.12 Å². The SMILES string of the molecule is CCC(C)(C)C(=O)Sc1ccccc1C[P+](C)(C)C.[Br-]. The van der Waals surface area contributed by atoms with E-state index >= 15 is 0 Å². The Kier molecular flexibility index (Phi) is 8.02. The highest BCUT2D eigenvalue weighted by molar-refractivity contribution is 8.13. The second-order valence-electron chi connectivity index (χ2n) is 6.68. The number of carbonyl (C=O) groups is 1. The highest BCUT2D eigenvalue weighted by Gasteiger charge is 2.28. The molecule has 0 amide bonds. The molecule has 0 aromatic heterocycles. The number of thioether (sulfide) groups is 1. The Morgan fingerprint density at radius 2 is 1.75 bits per heavy atom. The summed E-state index contributed by atoms with van der Waals surface area (Å²) in [5.74, 6) is 0. The number of carbonyl (C=O) groups excluding carboxylic acids is 1. The summed E-state index contributed by atoms with van der Waals surface area (Å²) >= 11 is 1.42. The summed E-state index contributed by atoms with van der Waals surface area (Å²) in [5.41, 5.74) is 1.09. The normalized spacial score (nSPS) is 11.9. The molecule has 1 aromatic rings. The van der Waals surface area contributed by atoms with Crippen LogP contribution in [0.3, 0.4) is 0 Å². The number of rotatable bonds is 5. The molecule has 0 heterocycles.